The molecule has 1 aromatic carbocycles. The predicted molar refractivity (Wildman–Crippen MR) is 82.0 cm³/mol. The molecule has 104 valence electrons. The number of carbonyl (C=O) groups is 1. The fourth-order valence-corrected chi connectivity index (χ4v) is 3.10. The second kappa shape index (κ2) is 5.40. The fourth-order valence-electron chi connectivity index (χ4n) is 2.72. The Balaban J connectivity index is 1.90. The van der Waals surface area contributed by atoms with E-state index in [-0.39, 0.29) is 5.92 Å². The zero-order valence-corrected chi connectivity index (χ0v) is 12.5. The minimum absolute atomic E-state index is 0.213. The predicted octanol–water partition coefficient (Wildman–Crippen LogP) is 3.30. The normalized spacial score (nSPS) is 16.6. The number of carboxylic acids is 1. The van der Waals surface area contributed by atoms with E-state index in [0.29, 0.717) is 12.8 Å². The van der Waals surface area contributed by atoms with Crippen molar-refractivity contribution < 1.29 is 9.90 Å². The SMILES string of the molecule is O=C(O)C1CCN(c2nccc3cc(Br)ccc23)CC1. The summed E-state index contributed by atoms with van der Waals surface area (Å²) in [5.74, 6) is 0.0636. The molecule has 2 heterocycles. The van der Waals surface area contributed by atoms with Crippen molar-refractivity contribution in [1.82, 2.24) is 4.98 Å². The van der Waals surface area contributed by atoms with Gasteiger partial charge in [0.1, 0.15) is 5.82 Å². The zero-order chi connectivity index (χ0) is 14.1. The third-order valence-electron chi connectivity index (χ3n) is 3.85. The maximum absolute atomic E-state index is 11.0. The smallest absolute Gasteiger partial charge is 0.306 e. The van der Waals surface area contributed by atoms with Gasteiger partial charge >= 0.3 is 5.97 Å². The van der Waals surface area contributed by atoms with Gasteiger partial charge in [0.2, 0.25) is 0 Å². The molecule has 0 atom stereocenters. The number of pyridine rings is 1. The van der Waals surface area contributed by atoms with Crippen LogP contribution in [0.4, 0.5) is 5.82 Å². The van der Waals surface area contributed by atoms with Crippen molar-refractivity contribution in [3.63, 3.8) is 0 Å². The van der Waals surface area contributed by atoms with Crippen molar-refractivity contribution in [2.24, 2.45) is 5.92 Å². The minimum Gasteiger partial charge on any atom is -0.481 e. The first-order valence-electron chi connectivity index (χ1n) is 6.67. The summed E-state index contributed by atoms with van der Waals surface area (Å²) in [4.78, 5) is 17.7. The van der Waals surface area contributed by atoms with Crippen molar-refractivity contribution >= 4 is 38.5 Å². The summed E-state index contributed by atoms with van der Waals surface area (Å²) in [6.45, 7) is 1.50. The number of benzene rings is 1. The molecule has 4 nitrogen and oxygen atoms in total. The number of hydrogen-bond donors (Lipinski definition) is 1. The monoisotopic (exact) mass is 334 g/mol. The van der Waals surface area contributed by atoms with Crippen molar-refractivity contribution in [3.8, 4) is 0 Å². The summed E-state index contributed by atoms with van der Waals surface area (Å²) in [7, 11) is 0. The van der Waals surface area contributed by atoms with E-state index in [1.807, 2.05) is 18.3 Å². The lowest BCUT2D eigenvalue weighted by Crippen LogP contribution is -2.36. The van der Waals surface area contributed by atoms with Crippen LogP contribution >= 0.6 is 15.9 Å². The highest BCUT2D eigenvalue weighted by Crippen LogP contribution is 2.29. The first kappa shape index (κ1) is 13.4. The molecule has 5 heteroatoms. The molecule has 0 amide bonds. The van der Waals surface area contributed by atoms with Gasteiger partial charge in [0, 0.05) is 29.1 Å². The lowest BCUT2D eigenvalue weighted by Gasteiger charge is -2.31. The van der Waals surface area contributed by atoms with Gasteiger partial charge in [-0.15, -0.1) is 0 Å². The Morgan fingerprint density at radius 2 is 2.05 bits per heavy atom. The molecule has 1 saturated heterocycles. The summed E-state index contributed by atoms with van der Waals surface area (Å²) in [6, 6.07) is 8.14. The summed E-state index contributed by atoms with van der Waals surface area (Å²) in [5, 5.41) is 11.3. The molecule has 0 unspecified atom stereocenters. The molecule has 3 rings (SSSR count). The standard InChI is InChI=1S/C15H15BrN2O2/c16-12-1-2-13-11(9-12)3-6-17-14(13)18-7-4-10(5-8-18)15(19)20/h1-3,6,9-10H,4-5,7-8H2,(H,19,20). The number of aliphatic carboxylic acids is 1. The molecule has 0 aliphatic carbocycles. The molecular formula is C15H15BrN2O2. The Morgan fingerprint density at radius 3 is 2.75 bits per heavy atom. The van der Waals surface area contributed by atoms with Crippen LogP contribution in [0, 0.1) is 5.92 Å². The molecule has 20 heavy (non-hydrogen) atoms. The van der Waals surface area contributed by atoms with Gasteiger partial charge in [-0.3, -0.25) is 4.79 Å². The molecule has 1 aromatic heterocycles. The number of nitrogens with zero attached hydrogens (tertiary/aromatic N) is 2. The van der Waals surface area contributed by atoms with Gasteiger partial charge in [-0.25, -0.2) is 4.98 Å². The number of halogens is 1. The van der Waals surface area contributed by atoms with E-state index >= 15 is 0 Å². The number of carboxylic acid groups (broad SMARTS) is 1. The molecule has 1 fully saturated rings. The van der Waals surface area contributed by atoms with E-state index < -0.39 is 5.97 Å². The third-order valence-corrected chi connectivity index (χ3v) is 4.34. The first-order chi connectivity index (χ1) is 9.65. The molecule has 0 radical (unpaired) electrons. The summed E-state index contributed by atoms with van der Waals surface area (Å²) < 4.78 is 1.05. The van der Waals surface area contributed by atoms with Crippen LogP contribution in [0.25, 0.3) is 10.8 Å². The first-order valence-corrected chi connectivity index (χ1v) is 7.46. The Morgan fingerprint density at radius 1 is 1.30 bits per heavy atom. The number of hydrogen-bond acceptors (Lipinski definition) is 3. The minimum atomic E-state index is -0.681. The van der Waals surface area contributed by atoms with E-state index in [4.69, 9.17) is 5.11 Å². The summed E-state index contributed by atoms with van der Waals surface area (Å²) in [6.07, 6.45) is 3.18. The molecule has 0 spiro atoms. The summed E-state index contributed by atoms with van der Waals surface area (Å²) >= 11 is 3.48. The highest BCUT2D eigenvalue weighted by atomic mass is 79.9. The lowest BCUT2D eigenvalue weighted by molar-refractivity contribution is -0.142. The fraction of sp³-hybridized carbons (Fsp3) is 0.333. The number of anilines is 1. The van der Waals surface area contributed by atoms with E-state index in [1.54, 1.807) is 0 Å². The van der Waals surface area contributed by atoms with Gasteiger partial charge < -0.3 is 10.0 Å². The molecule has 0 bridgehead atoms. The quantitative estimate of drug-likeness (QED) is 0.915. The number of fused-ring (bicyclic) bond motifs is 1. The molecule has 1 aliphatic rings. The zero-order valence-electron chi connectivity index (χ0n) is 10.9. The van der Waals surface area contributed by atoms with E-state index in [2.05, 4.69) is 37.9 Å². The molecule has 0 saturated carbocycles. The van der Waals surface area contributed by atoms with Crippen LogP contribution in [0.1, 0.15) is 12.8 Å². The Kier molecular flexibility index (Phi) is 3.61. The van der Waals surface area contributed by atoms with Gasteiger partial charge in [0.15, 0.2) is 0 Å². The van der Waals surface area contributed by atoms with Crippen LogP contribution in [0.3, 0.4) is 0 Å². The molecule has 1 aliphatic heterocycles. The van der Waals surface area contributed by atoms with Gasteiger partial charge in [-0.05, 0) is 42.5 Å². The molecule has 1 N–H and O–H groups in total. The van der Waals surface area contributed by atoms with Crippen LogP contribution in [0.2, 0.25) is 0 Å². The van der Waals surface area contributed by atoms with E-state index in [9.17, 15) is 4.79 Å². The highest BCUT2D eigenvalue weighted by molar-refractivity contribution is 9.10. The van der Waals surface area contributed by atoms with Crippen molar-refractivity contribution in [2.45, 2.75) is 12.8 Å². The Labute approximate surface area is 125 Å². The van der Waals surface area contributed by atoms with Gasteiger partial charge in [-0.1, -0.05) is 15.9 Å². The maximum atomic E-state index is 11.0. The van der Waals surface area contributed by atoms with Crippen molar-refractivity contribution in [1.29, 1.82) is 0 Å². The topological polar surface area (TPSA) is 53.4 Å². The van der Waals surface area contributed by atoms with Crippen LogP contribution in [-0.4, -0.2) is 29.1 Å². The maximum Gasteiger partial charge on any atom is 0.306 e. The second-order valence-corrected chi connectivity index (χ2v) is 6.02. The highest BCUT2D eigenvalue weighted by Gasteiger charge is 2.25. The second-order valence-electron chi connectivity index (χ2n) is 5.10. The molecular weight excluding hydrogens is 320 g/mol. The third kappa shape index (κ3) is 2.50. The van der Waals surface area contributed by atoms with Gasteiger partial charge in [0.25, 0.3) is 0 Å². The number of aromatic nitrogens is 1. The van der Waals surface area contributed by atoms with E-state index in [1.165, 1.54) is 0 Å². The van der Waals surface area contributed by atoms with Crippen LogP contribution in [0.15, 0.2) is 34.9 Å². The Bertz CT molecular complexity index is 651. The average Bonchev–Trinajstić information content (AvgIpc) is 2.46. The van der Waals surface area contributed by atoms with Crippen molar-refractivity contribution in [2.75, 3.05) is 18.0 Å². The van der Waals surface area contributed by atoms with E-state index in [0.717, 1.165) is 34.2 Å². The molecule has 2 aromatic rings. The van der Waals surface area contributed by atoms with Crippen LogP contribution in [-0.2, 0) is 4.79 Å². The van der Waals surface area contributed by atoms with Crippen LogP contribution < -0.4 is 4.90 Å². The lowest BCUT2D eigenvalue weighted by atomic mass is 9.97. The van der Waals surface area contributed by atoms with Crippen LogP contribution in [0.5, 0.6) is 0 Å². The number of rotatable bonds is 2. The average molecular weight is 335 g/mol. The summed E-state index contributed by atoms with van der Waals surface area (Å²) in [5.41, 5.74) is 0. The van der Waals surface area contributed by atoms with Gasteiger partial charge in [0.05, 0.1) is 5.92 Å². The van der Waals surface area contributed by atoms with Gasteiger partial charge in [-0.2, -0.15) is 0 Å². The Hall–Kier alpha value is -1.62. The largest absolute Gasteiger partial charge is 0.481 e. The number of piperidine rings is 1. The van der Waals surface area contributed by atoms with Crippen molar-refractivity contribution in [3.05, 3.63) is 34.9 Å².